The van der Waals surface area contributed by atoms with Crippen LogP contribution in [0.2, 0.25) is 0 Å². The van der Waals surface area contributed by atoms with E-state index in [1.807, 2.05) is 26.0 Å². The second kappa shape index (κ2) is 10.1. The van der Waals surface area contributed by atoms with E-state index in [4.69, 9.17) is 4.18 Å². The van der Waals surface area contributed by atoms with Gasteiger partial charge in [0.1, 0.15) is 16.3 Å². The van der Waals surface area contributed by atoms with Crippen LogP contribution < -0.4 is 14.8 Å². The van der Waals surface area contributed by atoms with Gasteiger partial charge in [-0.2, -0.15) is 8.42 Å². The Morgan fingerprint density at radius 2 is 1.36 bits per heavy atom. The fourth-order valence-corrected chi connectivity index (χ4v) is 3.78. The number of anilines is 1. The molecular weight excluding hydrogens is 440 g/mol. The first-order valence-corrected chi connectivity index (χ1v) is 11.5. The molecule has 0 unspecified atom stereocenters. The van der Waals surface area contributed by atoms with Crippen molar-refractivity contribution in [3.8, 4) is 5.75 Å². The van der Waals surface area contributed by atoms with Gasteiger partial charge in [0.15, 0.2) is 0 Å². The topological polar surface area (TPSA) is 102 Å². The Kier molecular flexibility index (Phi) is 7.30. The van der Waals surface area contributed by atoms with Gasteiger partial charge in [0.2, 0.25) is 5.91 Å². The van der Waals surface area contributed by atoms with Crippen LogP contribution in [0.3, 0.4) is 0 Å². The summed E-state index contributed by atoms with van der Waals surface area (Å²) in [4.78, 5) is 24.3. The predicted octanol–water partition coefficient (Wildman–Crippen LogP) is 4.19. The van der Waals surface area contributed by atoms with Crippen LogP contribution in [-0.4, -0.2) is 20.2 Å². The Morgan fingerprint density at radius 3 is 1.91 bits per heavy atom. The van der Waals surface area contributed by atoms with Crippen molar-refractivity contribution in [2.45, 2.75) is 25.7 Å². The molecule has 0 aromatic heterocycles. The molecule has 0 spiro atoms. The van der Waals surface area contributed by atoms with E-state index < -0.39 is 21.9 Å². The number of rotatable bonds is 7. The van der Waals surface area contributed by atoms with Gasteiger partial charge in [0.25, 0.3) is 5.91 Å². The largest absolute Gasteiger partial charge is 0.379 e. The summed E-state index contributed by atoms with van der Waals surface area (Å²) in [5.74, 6) is -0.765. The number of nitrogens with one attached hydrogen (secondary N) is 2. The van der Waals surface area contributed by atoms with Crippen molar-refractivity contribution in [1.29, 1.82) is 0 Å². The van der Waals surface area contributed by atoms with E-state index in [2.05, 4.69) is 10.6 Å². The van der Waals surface area contributed by atoms with Crippen molar-refractivity contribution in [2.75, 3.05) is 5.32 Å². The normalized spacial score (nSPS) is 11.5. The Morgan fingerprint density at radius 1 is 0.818 bits per heavy atom. The minimum absolute atomic E-state index is 0.0454. The van der Waals surface area contributed by atoms with E-state index in [0.29, 0.717) is 11.3 Å². The van der Waals surface area contributed by atoms with Crippen molar-refractivity contribution in [3.63, 3.8) is 0 Å². The average Bonchev–Trinajstić information content (AvgIpc) is 2.76. The van der Waals surface area contributed by atoms with E-state index in [0.717, 1.165) is 11.1 Å². The number of hydrogen-bond acceptors (Lipinski definition) is 5. The minimum atomic E-state index is -3.97. The lowest BCUT2D eigenvalue weighted by atomic mass is 10.1. The van der Waals surface area contributed by atoms with Crippen LogP contribution in [0.15, 0.2) is 83.4 Å². The molecule has 170 valence electrons. The highest BCUT2D eigenvalue weighted by atomic mass is 32.2. The molecule has 3 rings (SSSR count). The van der Waals surface area contributed by atoms with Gasteiger partial charge < -0.3 is 14.8 Å². The molecule has 0 atom stereocenters. The molecule has 33 heavy (non-hydrogen) atoms. The zero-order valence-electron chi connectivity index (χ0n) is 18.5. The maximum Gasteiger partial charge on any atom is 0.339 e. The van der Waals surface area contributed by atoms with Crippen LogP contribution in [0, 0.1) is 13.8 Å². The average molecular weight is 465 g/mol. The zero-order valence-corrected chi connectivity index (χ0v) is 19.3. The van der Waals surface area contributed by atoms with Gasteiger partial charge in [-0.1, -0.05) is 47.5 Å². The van der Waals surface area contributed by atoms with Crippen molar-refractivity contribution in [1.82, 2.24) is 5.32 Å². The van der Waals surface area contributed by atoms with Gasteiger partial charge in [-0.15, -0.1) is 0 Å². The molecule has 0 aliphatic heterocycles. The molecule has 0 saturated heterocycles. The second-order valence-electron chi connectivity index (χ2n) is 7.48. The molecule has 0 saturated carbocycles. The van der Waals surface area contributed by atoms with Crippen LogP contribution in [-0.2, 0) is 19.7 Å². The van der Waals surface area contributed by atoms with Gasteiger partial charge in [-0.3, -0.25) is 9.59 Å². The SMILES string of the molecule is CC(=O)N/C(=C\c1ccc(OS(=O)(=O)c2ccc(C)cc2)cc1)C(=O)Nc1ccc(C)cc1. The van der Waals surface area contributed by atoms with Crippen LogP contribution >= 0.6 is 0 Å². The molecule has 2 amide bonds. The standard InChI is InChI=1S/C25H24N2O5S/c1-17-4-10-21(11-5-17)27-25(29)24(26-19(3)28)16-20-8-12-22(13-9-20)32-33(30,31)23-14-6-18(2)7-15-23/h4-16H,1-3H3,(H,26,28)(H,27,29)/b24-16-. The van der Waals surface area contributed by atoms with Gasteiger partial charge in [-0.05, 0) is 61.9 Å². The summed E-state index contributed by atoms with van der Waals surface area (Å²) >= 11 is 0. The van der Waals surface area contributed by atoms with E-state index in [-0.39, 0.29) is 16.3 Å². The maximum absolute atomic E-state index is 12.7. The number of amides is 2. The Labute approximate surface area is 193 Å². The lowest BCUT2D eigenvalue weighted by Gasteiger charge is -2.11. The predicted molar refractivity (Wildman–Crippen MR) is 127 cm³/mol. The molecule has 0 aliphatic rings. The monoisotopic (exact) mass is 464 g/mol. The molecule has 7 nitrogen and oxygen atoms in total. The number of hydrogen-bond donors (Lipinski definition) is 2. The molecule has 2 N–H and O–H groups in total. The molecule has 0 heterocycles. The number of benzene rings is 3. The highest BCUT2D eigenvalue weighted by Gasteiger charge is 2.16. The third kappa shape index (κ3) is 6.78. The molecule has 0 radical (unpaired) electrons. The summed E-state index contributed by atoms with van der Waals surface area (Å²) in [6.07, 6.45) is 1.49. The molecule has 0 aliphatic carbocycles. The first-order valence-electron chi connectivity index (χ1n) is 10.1. The van der Waals surface area contributed by atoms with Gasteiger partial charge in [-0.25, -0.2) is 0 Å². The Bertz CT molecular complexity index is 1280. The van der Waals surface area contributed by atoms with Crippen molar-refractivity contribution in [2.24, 2.45) is 0 Å². The zero-order chi connectivity index (χ0) is 24.0. The summed E-state index contributed by atoms with van der Waals surface area (Å²) in [7, 11) is -3.97. The molecular formula is C25H24N2O5S. The smallest absolute Gasteiger partial charge is 0.339 e. The Balaban J connectivity index is 1.77. The highest BCUT2D eigenvalue weighted by molar-refractivity contribution is 7.87. The maximum atomic E-state index is 12.7. The Hall–Kier alpha value is -3.91. The summed E-state index contributed by atoms with van der Waals surface area (Å²) in [5, 5.41) is 5.26. The summed E-state index contributed by atoms with van der Waals surface area (Å²) in [6, 6.07) is 19.7. The molecule has 0 fully saturated rings. The van der Waals surface area contributed by atoms with Crippen molar-refractivity contribution in [3.05, 3.63) is 95.2 Å². The number of aryl methyl sites for hydroxylation is 2. The fraction of sp³-hybridized carbons (Fsp3) is 0.120. The molecule has 0 bridgehead atoms. The highest BCUT2D eigenvalue weighted by Crippen LogP contribution is 2.21. The first-order chi connectivity index (χ1) is 15.6. The first kappa shape index (κ1) is 23.7. The quantitative estimate of drug-likeness (QED) is 0.403. The summed E-state index contributed by atoms with van der Waals surface area (Å²) < 4.78 is 30.1. The lowest BCUT2D eigenvalue weighted by Crippen LogP contribution is -2.28. The lowest BCUT2D eigenvalue weighted by molar-refractivity contribution is -0.120. The van der Waals surface area contributed by atoms with E-state index in [1.54, 1.807) is 36.4 Å². The summed E-state index contributed by atoms with van der Waals surface area (Å²) in [6.45, 7) is 5.10. The molecule has 3 aromatic carbocycles. The van der Waals surface area contributed by atoms with Crippen LogP contribution in [0.25, 0.3) is 6.08 Å². The molecule has 3 aromatic rings. The third-order valence-corrected chi connectivity index (χ3v) is 5.83. The number of carbonyl (C=O) groups is 2. The third-order valence-electron chi connectivity index (χ3n) is 4.57. The van der Waals surface area contributed by atoms with Crippen LogP contribution in [0.1, 0.15) is 23.6 Å². The van der Waals surface area contributed by atoms with Crippen molar-refractivity contribution < 1.29 is 22.2 Å². The number of carbonyl (C=O) groups excluding carboxylic acids is 2. The van der Waals surface area contributed by atoms with Gasteiger partial charge >= 0.3 is 10.1 Å². The van der Waals surface area contributed by atoms with E-state index in [9.17, 15) is 18.0 Å². The van der Waals surface area contributed by atoms with Crippen LogP contribution in [0.4, 0.5) is 5.69 Å². The second-order valence-corrected chi connectivity index (χ2v) is 9.03. The minimum Gasteiger partial charge on any atom is -0.379 e. The van der Waals surface area contributed by atoms with Gasteiger partial charge in [0.05, 0.1) is 0 Å². The summed E-state index contributed by atoms with van der Waals surface area (Å²) in [5.41, 5.74) is 3.19. The van der Waals surface area contributed by atoms with Gasteiger partial charge in [0, 0.05) is 12.6 Å². The van der Waals surface area contributed by atoms with E-state index in [1.165, 1.54) is 37.3 Å². The van der Waals surface area contributed by atoms with Crippen molar-refractivity contribution >= 4 is 33.7 Å². The molecule has 8 heteroatoms. The van der Waals surface area contributed by atoms with Crippen LogP contribution in [0.5, 0.6) is 5.75 Å². The fourth-order valence-electron chi connectivity index (χ4n) is 2.85. The van der Waals surface area contributed by atoms with E-state index >= 15 is 0 Å².